The Labute approximate surface area is 204 Å². The van der Waals surface area contributed by atoms with Crippen LogP contribution in [0, 0.1) is 0 Å². The molecule has 1 heterocycles. The van der Waals surface area contributed by atoms with Gasteiger partial charge in [0.25, 0.3) is 0 Å². The van der Waals surface area contributed by atoms with Crippen LogP contribution in [0.3, 0.4) is 0 Å². The van der Waals surface area contributed by atoms with Crippen molar-refractivity contribution in [2.24, 2.45) is 0 Å². The van der Waals surface area contributed by atoms with Crippen LogP contribution in [-0.4, -0.2) is 31.2 Å². The minimum Gasteiger partial charge on any atom is -0.493 e. The summed E-state index contributed by atoms with van der Waals surface area (Å²) < 4.78 is 11.1. The number of nitrogens with one attached hydrogen (secondary N) is 2. The van der Waals surface area contributed by atoms with Crippen molar-refractivity contribution >= 4 is 28.4 Å². The number of aromatic nitrogens is 1. The van der Waals surface area contributed by atoms with Crippen molar-refractivity contribution in [1.29, 1.82) is 0 Å². The van der Waals surface area contributed by atoms with Crippen LogP contribution in [0.5, 0.6) is 11.5 Å². The largest absolute Gasteiger partial charge is 0.493 e. The summed E-state index contributed by atoms with van der Waals surface area (Å²) >= 11 is 6.19. The average Bonchev–Trinajstić information content (AvgIpc) is 3.23. The van der Waals surface area contributed by atoms with E-state index in [4.69, 9.17) is 21.1 Å². The molecule has 5 nitrogen and oxygen atoms in total. The second-order valence-electron chi connectivity index (χ2n) is 8.74. The average molecular weight is 475 g/mol. The Kier molecular flexibility index (Phi) is 5.96. The summed E-state index contributed by atoms with van der Waals surface area (Å²) in [4.78, 5) is 16.0. The second kappa shape index (κ2) is 9.07. The molecule has 1 amide bonds. The first-order valence-corrected chi connectivity index (χ1v) is 11.7. The molecule has 6 heteroatoms. The van der Waals surface area contributed by atoms with Gasteiger partial charge in [0.15, 0.2) is 11.5 Å². The molecule has 0 bridgehead atoms. The molecule has 34 heavy (non-hydrogen) atoms. The highest BCUT2D eigenvalue weighted by molar-refractivity contribution is 6.30. The molecular formula is C28H27ClN2O3. The topological polar surface area (TPSA) is 63.3 Å². The molecule has 2 N–H and O–H groups in total. The number of para-hydroxylation sites is 1. The number of ether oxygens (including phenoxy) is 2. The maximum Gasteiger partial charge on any atom is 0.217 e. The number of hydrogen-bond donors (Lipinski definition) is 2. The molecule has 3 aromatic carbocycles. The van der Waals surface area contributed by atoms with E-state index >= 15 is 0 Å². The zero-order chi connectivity index (χ0) is 23.8. The van der Waals surface area contributed by atoms with Gasteiger partial charge in [-0.05, 0) is 53.4 Å². The smallest absolute Gasteiger partial charge is 0.217 e. The van der Waals surface area contributed by atoms with Gasteiger partial charge in [0.2, 0.25) is 5.91 Å². The van der Waals surface area contributed by atoms with Gasteiger partial charge in [-0.2, -0.15) is 0 Å². The summed E-state index contributed by atoms with van der Waals surface area (Å²) in [7, 11) is 3.29. The summed E-state index contributed by atoms with van der Waals surface area (Å²) in [6.07, 6.45) is 0.747. The van der Waals surface area contributed by atoms with Crippen molar-refractivity contribution in [1.82, 2.24) is 10.3 Å². The number of benzene rings is 3. The minimum absolute atomic E-state index is 0.0278. The monoisotopic (exact) mass is 474 g/mol. The molecule has 174 valence electrons. The van der Waals surface area contributed by atoms with Gasteiger partial charge in [0.1, 0.15) is 0 Å². The molecule has 1 aromatic heterocycles. The lowest BCUT2D eigenvalue weighted by Gasteiger charge is -2.37. The van der Waals surface area contributed by atoms with Crippen LogP contribution >= 0.6 is 11.6 Å². The molecular weight excluding hydrogens is 448 g/mol. The zero-order valence-electron chi connectivity index (χ0n) is 19.4. The Balaban J connectivity index is 1.73. The Morgan fingerprint density at radius 2 is 1.68 bits per heavy atom. The number of methoxy groups -OCH3 is 2. The van der Waals surface area contributed by atoms with Gasteiger partial charge in [-0.15, -0.1) is 0 Å². The maximum atomic E-state index is 12.3. The van der Waals surface area contributed by atoms with E-state index in [2.05, 4.69) is 34.6 Å². The van der Waals surface area contributed by atoms with E-state index in [1.54, 1.807) is 21.1 Å². The van der Waals surface area contributed by atoms with Crippen LogP contribution in [0.15, 0.2) is 66.7 Å². The molecule has 0 fully saturated rings. The highest BCUT2D eigenvalue weighted by Gasteiger charge is 2.39. The Morgan fingerprint density at radius 3 is 2.38 bits per heavy atom. The van der Waals surface area contributed by atoms with Gasteiger partial charge in [-0.1, -0.05) is 48.0 Å². The Bertz CT molecular complexity index is 1350. The third-order valence-electron chi connectivity index (χ3n) is 6.76. The Morgan fingerprint density at radius 1 is 0.971 bits per heavy atom. The number of fused-ring (bicyclic) bond motifs is 3. The summed E-state index contributed by atoms with van der Waals surface area (Å²) in [5.74, 6) is 1.37. The zero-order valence-corrected chi connectivity index (χ0v) is 20.1. The van der Waals surface area contributed by atoms with Gasteiger partial charge in [0.05, 0.1) is 14.2 Å². The van der Waals surface area contributed by atoms with Crippen LogP contribution in [0.2, 0.25) is 5.02 Å². The number of H-pyrrole nitrogens is 1. The lowest BCUT2D eigenvalue weighted by atomic mass is 9.71. The quantitative estimate of drug-likeness (QED) is 0.372. The van der Waals surface area contributed by atoms with Gasteiger partial charge >= 0.3 is 0 Å². The summed E-state index contributed by atoms with van der Waals surface area (Å²) in [5, 5.41) is 5.12. The lowest BCUT2D eigenvalue weighted by molar-refractivity contribution is -0.119. The molecule has 4 aromatic rings. The molecule has 0 unspecified atom stereocenters. The predicted octanol–water partition coefficient (Wildman–Crippen LogP) is 6.01. The number of halogens is 1. The molecule has 0 saturated heterocycles. The number of rotatable bonds is 5. The minimum atomic E-state index is -0.0997. The summed E-state index contributed by atoms with van der Waals surface area (Å²) in [6, 6.07) is 22.3. The van der Waals surface area contributed by atoms with Crippen LogP contribution in [0.1, 0.15) is 47.6 Å². The van der Waals surface area contributed by atoms with E-state index < -0.39 is 0 Å². The van der Waals surface area contributed by atoms with Crippen LogP contribution in [-0.2, 0) is 4.79 Å². The Hall–Kier alpha value is -3.44. The number of aromatic amines is 1. The molecule has 1 aliphatic rings. The maximum absolute atomic E-state index is 12.3. The first kappa shape index (κ1) is 22.4. The number of amides is 1. The van der Waals surface area contributed by atoms with Crippen molar-refractivity contribution in [2.45, 2.75) is 31.2 Å². The second-order valence-corrected chi connectivity index (χ2v) is 9.17. The fraction of sp³-hybridized carbons (Fsp3) is 0.250. The highest BCUT2D eigenvalue weighted by atomic mass is 35.5. The molecule has 0 aliphatic heterocycles. The molecule has 5 rings (SSSR count). The molecule has 0 spiro atoms. The van der Waals surface area contributed by atoms with Crippen molar-refractivity contribution < 1.29 is 14.3 Å². The van der Waals surface area contributed by atoms with E-state index in [0.717, 1.165) is 28.8 Å². The molecule has 1 aliphatic carbocycles. The van der Waals surface area contributed by atoms with Gasteiger partial charge in [-0.3, -0.25) is 4.79 Å². The van der Waals surface area contributed by atoms with Crippen molar-refractivity contribution in [2.75, 3.05) is 14.2 Å². The van der Waals surface area contributed by atoms with Crippen LogP contribution < -0.4 is 14.8 Å². The van der Waals surface area contributed by atoms with Gasteiger partial charge in [0, 0.05) is 46.4 Å². The lowest BCUT2D eigenvalue weighted by Crippen LogP contribution is -2.42. The van der Waals surface area contributed by atoms with E-state index in [9.17, 15) is 4.79 Å². The normalized spacial score (nSPS) is 19.5. The van der Waals surface area contributed by atoms with E-state index in [1.165, 1.54) is 10.9 Å². The van der Waals surface area contributed by atoms with Crippen LogP contribution in [0.25, 0.3) is 10.9 Å². The third-order valence-corrected chi connectivity index (χ3v) is 7.01. The van der Waals surface area contributed by atoms with Crippen LogP contribution in [0.4, 0.5) is 0 Å². The highest BCUT2D eigenvalue weighted by Crippen LogP contribution is 2.49. The molecule has 0 saturated carbocycles. The standard InChI is InChI=1S/C28H27ClN2O3/c1-16(32)30-23-15-21(18-10-13-24(33-2)25(14-18)34-3)27-20-6-4-5-7-22(20)31-28(27)26(23)17-8-11-19(29)12-9-17/h4-14,21,23,26,31H,15H2,1-3H3,(H,30,32)/t21-,23+,26-/m0/s1. The molecule has 3 atom stereocenters. The van der Waals surface area contributed by atoms with Crippen molar-refractivity contribution in [3.63, 3.8) is 0 Å². The molecule has 0 radical (unpaired) electrons. The summed E-state index contributed by atoms with van der Waals surface area (Å²) in [6.45, 7) is 1.57. The number of carbonyl (C=O) groups excluding carboxylic acids is 1. The fourth-order valence-corrected chi connectivity index (χ4v) is 5.48. The summed E-state index contributed by atoms with van der Waals surface area (Å²) in [5.41, 5.74) is 5.69. The third kappa shape index (κ3) is 3.90. The van der Waals surface area contributed by atoms with E-state index in [1.807, 2.05) is 42.5 Å². The van der Waals surface area contributed by atoms with Gasteiger partial charge < -0.3 is 19.8 Å². The first-order chi connectivity index (χ1) is 16.5. The van der Waals surface area contributed by atoms with Crippen molar-refractivity contribution in [3.05, 3.63) is 94.1 Å². The SMILES string of the molecule is COc1ccc([C@@H]2C[C@@H](NC(C)=O)[C@H](c3ccc(Cl)cc3)c3[nH]c4ccccc4c32)cc1OC. The number of carbonyl (C=O) groups is 1. The first-order valence-electron chi connectivity index (χ1n) is 11.3. The van der Waals surface area contributed by atoms with E-state index in [-0.39, 0.29) is 23.8 Å². The van der Waals surface area contributed by atoms with Crippen molar-refractivity contribution in [3.8, 4) is 11.5 Å². The predicted molar refractivity (Wildman–Crippen MR) is 135 cm³/mol. The fourth-order valence-electron chi connectivity index (χ4n) is 5.36. The number of hydrogen-bond acceptors (Lipinski definition) is 3. The van der Waals surface area contributed by atoms with Gasteiger partial charge in [-0.25, -0.2) is 0 Å². The van der Waals surface area contributed by atoms with E-state index in [0.29, 0.717) is 16.5 Å².